The van der Waals surface area contributed by atoms with Crippen molar-refractivity contribution in [3.8, 4) is 11.3 Å². The van der Waals surface area contributed by atoms with Crippen LogP contribution in [0.1, 0.15) is 26.0 Å². The Morgan fingerprint density at radius 3 is 2.89 bits per heavy atom. The smallest absolute Gasteiger partial charge is 0.168 e. The number of hydrogen-bond donors (Lipinski definition) is 1. The zero-order valence-electron chi connectivity index (χ0n) is 10.6. The van der Waals surface area contributed by atoms with Crippen molar-refractivity contribution in [2.45, 2.75) is 32.9 Å². The van der Waals surface area contributed by atoms with Gasteiger partial charge in [-0.15, -0.1) is 0 Å². The monoisotopic (exact) mass is 264 g/mol. The Morgan fingerprint density at radius 1 is 1.39 bits per heavy atom. The molecule has 1 heterocycles. The van der Waals surface area contributed by atoms with Crippen molar-refractivity contribution >= 4 is 11.6 Å². The average molecular weight is 265 g/mol. The largest absolute Gasteiger partial charge is 0.356 e. The molecular weight excluding hydrogens is 248 g/mol. The van der Waals surface area contributed by atoms with E-state index in [1.165, 1.54) is 0 Å². The Kier molecular flexibility index (Phi) is 4.39. The molecule has 0 bridgehead atoms. The zero-order chi connectivity index (χ0) is 13.0. The lowest BCUT2D eigenvalue weighted by molar-refractivity contribution is 0.415. The number of nitrogens with one attached hydrogen (secondary N) is 1. The first kappa shape index (κ1) is 13.1. The van der Waals surface area contributed by atoms with Crippen LogP contribution in [0, 0.1) is 0 Å². The van der Waals surface area contributed by atoms with E-state index < -0.39 is 0 Å². The number of halogens is 1. The lowest BCUT2D eigenvalue weighted by atomic mass is 10.1. The van der Waals surface area contributed by atoms with Crippen LogP contribution in [0.5, 0.6) is 0 Å². The maximum absolute atomic E-state index is 6.11. The molecule has 0 saturated heterocycles. The molecule has 0 aliphatic heterocycles. The average Bonchev–Trinajstić information content (AvgIpc) is 2.85. The second kappa shape index (κ2) is 6.03. The second-order valence-corrected chi connectivity index (χ2v) is 4.76. The van der Waals surface area contributed by atoms with Crippen molar-refractivity contribution < 1.29 is 4.52 Å². The van der Waals surface area contributed by atoms with Gasteiger partial charge in [0.25, 0.3) is 0 Å². The molecule has 0 aliphatic carbocycles. The highest BCUT2D eigenvalue weighted by Crippen LogP contribution is 2.27. The van der Waals surface area contributed by atoms with Gasteiger partial charge in [0, 0.05) is 24.2 Å². The molecule has 2 rings (SSSR count). The standard InChI is InChI=1S/C14H17ClN2O/c1-3-10(2)16-9-11-8-14(18-17-11)12-6-4-5-7-13(12)15/h4-8,10,16H,3,9H2,1-2H3/t10-/m0/s1. The van der Waals surface area contributed by atoms with Crippen molar-refractivity contribution in [1.82, 2.24) is 10.5 Å². The Bertz CT molecular complexity index is 510. The first-order chi connectivity index (χ1) is 8.70. The van der Waals surface area contributed by atoms with Crippen LogP contribution in [0.3, 0.4) is 0 Å². The van der Waals surface area contributed by atoms with Crippen LogP contribution in [0.2, 0.25) is 5.02 Å². The molecule has 0 radical (unpaired) electrons. The topological polar surface area (TPSA) is 38.1 Å². The van der Waals surface area contributed by atoms with Crippen LogP contribution < -0.4 is 5.32 Å². The van der Waals surface area contributed by atoms with Crippen LogP contribution in [0.25, 0.3) is 11.3 Å². The number of aromatic nitrogens is 1. The summed E-state index contributed by atoms with van der Waals surface area (Å²) in [5, 5.41) is 8.09. The van der Waals surface area contributed by atoms with Crippen molar-refractivity contribution in [3.05, 3.63) is 41.0 Å². The van der Waals surface area contributed by atoms with Gasteiger partial charge in [-0.1, -0.05) is 35.8 Å². The van der Waals surface area contributed by atoms with E-state index in [9.17, 15) is 0 Å². The van der Waals surface area contributed by atoms with E-state index in [-0.39, 0.29) is 0 Å². The van der Waals surface area contributed by atoms with Gasteiger partial charge >= 0.3 is 0 Å². The van der Waals surface area contributed by atoms with Crippen molar-refractivity contribution in [2.24, 2.45) is 0 Å². The van der Waals surface area contributed by atoms with Crippen molar-refractivity contribution in [2.75, 3.05) is 0 Å². The summed E-state index contributed by atoms with van der Waals surface area (Å²) < 4.78 is 5.32. The van der Waals surface area contributed by atoms with E-state index in [0.29, 0.717) is 23.4 Å². The van der Waals surface area contributed by atoms with E-state index in [1.54, 1.807) is 0 Å². The highest BCUT2D eigenvalue weighted by Gasteiger charge is 2.10. The van der Waals surface area contributed by atoms with Crippen LogP contribution in [0.15, 0.2) is 34.9 Å². The summed E-state index contributed by atoms with van der Waals surface area (Å²) in [6.45, 7) is 5.01. The minimum atomic E-state index is 0.477. The summed E-state index contributed by atoms with van der Waals surface area (Å²) in [5.74, 6) is 0.710. The molecule has 0 saturated carbocycles. The summed E-state index contributed by atoms with van der Waals surface area (Å²) in [4.78, 5) is 0. The van der Waals surface area contributed by atoms with E-state index >= 15 is 0 Å². The van der Waals surface area contributed by atoms with E-state index in [0.717, 1.165) is 17.7 Å². The molecule has 0 spiro atoms. The molecule has 1 N–H and O–H groups in total. The van der Waals surface area contributed by atoms with Gasteiger partial charge in [-0.25, -0.2) is 0 Å². The molecule has 0 aliphatic rings. The van der Waals surface area contributed by atoms with Crippen LogP contribution in [-0.2, 0) is 6.54 Å². The molecule has 0 amide bonds. The van der Waals surface area contributed by atoms with Crippen LogP contribution >= 0.6 is 11.6 Å². The first-order valence-electron chi connectivity index (χ1n) is 6.14. The molecule has 2 aromatic rings. The van der Waals surface area contributed by atoms with Crippen molar-refractivity contribution in [1.29, 1.82) is 0 Å². The third-order valence-corrected chi connectivity index (χ3v) is 3.27. The fraction of sp³-hybridized carbons (Fsp3) is 0.357. The predicted molar refractivity (Wildman–Crippen MR) is 73.5 cm³/mol. The third kappa shape index (κ3) is 3.12. The Labute approximate surface area is 112 Å². The molecule has 0 unspecified atom stereocenters. The van der Waals surface area contributed by atoms with Crippen molar-refractivity contribution in [3.63, 3.8) is 0 Å². The maximum atomic E-state index is 6.11. The Morgan fingerprint density at radius 2 is 2.17 bits per heavy atom. The van der Waals surface area contributed by atoms with Gasteiger partial charge in [-0.2, -0.15) is 0 Å². The maximum Gasteiger partial charge on any atom is 0.168 e. The van der Waals surface area contributed by atoms with Gasteiger partial charge in [0.05, 0.1) is 10.7 Å². The van der Waals surface area contributed by atoms with Gasteiger partial charge in [-0.05, 0) is 25.5 Å². The first-order valence-corrected chi connectivity index (χ1v) is 6.52. The summed E-state index contributed by atoms with van der Waals surface area (Å²) in [6, 6.07) is 10.0. The number of benzene rings is 1. The lowest BCUT2D eigenvalue weighted by Gasteiger charge is -2.08. The number of nitrogens with zero attached hydrogens (tertiary/aromatic N) is 1. The zero-order valence-corrected chi connectivity index (χ0v) is 11.4. The molecular formula is C14H17ClN2O. The van der Waals surface area contributed by atoms with Gasteiger partial charge in [0.15, 0.2) is 5.76 Å². The van der Waals surface area contributed by atoms with Gasteiger partial charge in [0.1, 0.15) is 0 Å². The molecule has 1 atom stereocenters. The Balaban J connectivity index is 2.09. The van der Waals surface area contributed by atoms with Crippen LogP contribution in [0.4, 0.5) is 0 Å². The van der Waals surface area contributed by atoms with Gasteiger partial charge in [-0.3, -0.25) is 0 Å². The minimum absolute atomic E-state index is 0.477. The van der Waals surface area contributed by atoms with Gasteiger partial charge in [0.2, 0.25) is 0 Å². The minimum Gasteiger partial charge on any atom is -0.356 e. The normalized spacial score (nSPS) is 12.6. The molecule has 4 heteroatoms. The summed E-state index contributed by atoms with van der Waals surface area (Å²) >= 11 is 6.11. The summed E-state index contributed by atoms with van der Waals surface area (Å²) in [6.07, 6.45) is 1.09. The molecule has 18 heavy (non-hydrogen) atoms. The fourth-order valence-electron chi connectivity index (χ4n) is 1.61. The number of rotatable bonds is 5. The fourth-order valence-corrected chi connectivity index (χ4v) is 1.84. The quantitative estimate of drug-likeness (QED) is 0.891. The molecule has 0 fully saturated rings. The summed E-state index contributed by atoms with van der Waals surface area (Å²) in [5.41, 5.74) is 1.77. The molecule has 1 aromatic heterocycles. The predicted octanol–water partition coefficient (Wildman–Crippen LogP) is 3.88. The highest BCUT2D eigenvalue weighted by atomic mass is 35.5. The second-order valence-electron chi connectivity index (χ2n) is 4.35. The summed E-state index contributed by atoms with van der Waals surface area (Å²) in [7, 11) is 0. The Hall–Kier alpha value is -1.32. The van der Waals surface area contributed by atoms with E-state index in [4.69, 9.17) is 16.1 Å². The molecule has 3 nitrogen and oxygen atoms in total. The van der Waals surface area contributed by atoms with E-state index in [2.05, 4.69) is 24.3 Å². The van der Waals surface area contributed by atoms with E-state index in [1.807, 2.05) is 30.3 Å². The van der Waals surface area contributed by atoms with Crippen LogP contribution in [-0.4, -0.2) is 11.2 Å². The number of hydrogen-bond acceptors (Lipinski definition) is 3. The third-order valence-electron chi connectivity index (χ3n) is 2.94. The SMILES string of the molecule is CC[C@H](C)NCc1cc(-c2ccccc2Cl)on1. The van der Waals surface area contributed by atoms with Gasteiger partial charge < -0.3 is 9.84 Å². The molecule has 1 aromatic carbocycles. The highest BCUT2D eigenvalue weighted by molar-refractivity contribution is 6.33. The molecule has 96 valence electrons. The lowest BCUT2D eigenvalue weighted by Crippen LogP contribution is -2.24.